The summed E-state index contributed by atoms with van der Waals surface area (Å²) < 4.78 is 31.1. The van der Waals surface area contributed by atoms with Crippen molar-refractivity contribution in [2.45, 2.75) is 24.3 Å². The molecule has 0 spiro atoms. The molecule has 1 aliphatic rings. The summed E-state index contributed by atoms with van der Waals surface area (Å²) in [5.41, 5.74) is 0. The highest BCUT2D eigenvalue weighted by molar-refractivity contribution is 7.91. The minimum atomic E-state index is -3.66. The fourth-order valence-electron chi connectivity index (χ4n) is 1.63. The summed E-state index contributed by atoms with van der Waals surface area (Å²) in [6.07, 6.45) is -0.147. The normalized spacial score (nSPS) is 21.3. The highest BCUT2D eigenvalue weighted by atomic mass is 32.2. The predicted molar refractivity (Wildman–Crippen MR) is 68.4 cm³/mol. The molecule has 19 heavy (non-hydrogen) atoms. The number of sulfonamides is 1. The maximum Gasteiger partial charge on any atom is 0.272 e. The third-order valence-corrected chi connectivity index (χ3v) is 5.50. The van der Waals surface area contributed by atoms with Crippen LogP contribution in [0.2, 0.25) is 0 Å². The Labute approximate surface area is 114 Å². The Balaban J connectivity index is 2.19. The third kappa shape index (κ3) is 3.26. The number of aromatic nitrogens is 2. The third-order valence-electron chi connectivity index (χ3n) is 2.45. The van der Waals surface area contributed by atoms with Gasteiger partial charge in [-0.3, -0.25) is 4.79 Å². The van der Waals surface area contributed by atoms with E-state index in [-0.39, 0.29) is 28.0 Å². The van der Waals surface area contributed by atoms with E-state index in [4.69, 9.17) is 4.74 Å². The maximum atomic E-state index is 12.3. The molecule has 1 unspecified atom stereocenters. The number of amides is 1. The first-order valence-corrected chi connectivity index (χ1v) is 7.88. The van der Waals surface area contributed by atoms with Gasteiger partial charge in [-0.15, -0.1) is 10.2 Å². The lowest BCUT2D eigenvalue weighted by Gasteiger charge is -2.29. The summed E-state index contributed by atoms with van der Waals surface area (Å²) >= 11 is 0.838. The Morgan fingerprint density at radius 3 is 2.89 bits per heavy atom. The van der Waals surface area contributed by atoms with Crippen molar-refractivity contribution >= 4 is 32.4 Å². The van der Waals surface area contributed by atoms with E-state index in [1.807, 2.05) is 6.92 Å². The quantitative estimate of drug-likeness (QED) is 0.783. The van der Waals surface area contributed by atoms with Crippen LogP contribution >= 0.6 is 11.3 Å². The molecule has 1 fully saturated rings. The van der Waals surface area contributed by atoms with Gasteiger partial charge in [-0.05, 0) is 6.92 Å². The van der Waals surface area contributed by atoms with Gasteiger partial charge in [-0.1, -0.05) is 11.3 Å². The Hall–Kier alpha value is -1.10. The van der Waals surface area contributed by atoms with Crippen LogP contribution in [-0.2, 0) is 19.6 Å². The number of ether oxygens (including phenoxy) is 1. The molecule has 106 valence electrons. The SMILES string of the molecule is CC(=O)Nc1nnc(S(=O)(=O)N2CCOC(C)C2)s1. The molecule has 0 saturated carbocycles. The second-order valence-electron chi connectivity index (χ2n) is 4.10. The summed E-state index contributed by atoms with van der Waals surface area (Å²) in [5, 5.41) is 9.84. The van der Waals surface area contributed by atoms with E-state index in [9.17, 15) is 13.2 Å². The average molecular weight is 306 g/mol. The Kier molecular flexibility index (Phi) is 4.13. The number of nitrogens with zero attached hydrogens (tertiary/aromatic N) is 3. The number of hydrogen-bond acceptors (Lipinski definition) is 7. The Bertz CT molecular complexity index is 571. The molecule has 8 nitrogen and oxygen atoms in total. The van der Waals surface area contributed by atoms with Gasteiger partial charge in [0.25, 0.3) is 10.0 Å². The van der Waals surface area contributed by atoms with E-state index < -0.39 is 10.0 Å². The average Bonchev–Trinajstić information content (AvgIpc) is 2.77. The molecule has 1 saturated heterocycles. The number of hydrogen-bond donors (Lipinski definition) is 1. The molecule has 1 amide bonds. The van der Waals surface area contributed by atoms with E-state index in [1.165, 1.54) is 11.2 Å². The lowest BCUT2D eigenvalue weighted by Crippen LogP contribution is -2.44. The standard InChI is InChI=1S/C9H14N4O4S2/c1-6-5-13(3-4-17-6)19(15,16)9-12-11-8(18-9)10-7(2)14/h6H,3-5H2,1-2H3,(H,10,11,14). The maximum absolute atomic E-state index is 12.3. The summed E-state index contributed by atoms with van der Waals surface area (Å²) in [5.74, 6) is -0.319. The van der Waals surface area contributed by atoms with Gasteiger partial charge in [0.15, 0.2) is 0 Å². The van der Waals surface area contributed by atoms with E-state index in [0.29, 0.717) is 13.2 Å². The number of morpholine rings is 1. The van der Waals surface area contributed by atoms with Crippen molar-refractivity contribution in [1.29, 1.82) is 0 Å². The van der Waals surface area contributed by atoms with Gasteiger partial charge in [-0.25, -0.2) is 8.42 Å². The van der Waals surface area contributed by atoms with Crippen LogP contribution in [-0.4, -0.2) is 54.6 Å². The number of nitrogens with one attached hydrogen (secondary N) is 1. The molecule has 1 aromatic rings. The Morgan fingerprint density at radius 1 is 1.53 bits per heavy atom. The van der Waals surface area contributed by atoms with Gasteiger partial charge in [0, 0.05) is 20.0 Å². The molecule has 0 radical (unpaired) electrons. The molecule has 2 rings (SSSR count). The molecule has 0 bridgehead atoms. The van der Waals surface area contributed by atoms with Crippen LogP contribution in [0.25, 0.3) is 0 Å². The van der Waals surface area contributed by atoms with E-state index in [1.54, 1.807) is 0 Å². The van der Waals surface area contributed by atoms with Crippen LogP contribution in [0.5, 0.6) is 0 Å². The van der Waals surface area contributed by atoms with Crippen molar-refractivity contribution in [2.75, 3.05) is 25.0 Å². The number of carbonyl (C=O) groups is 1. The molecule has 1 atom stereocenters. The van der Waals surface area contributed by atoms with Crippen molar-refractivity contribution in [3.05, 3.63) is 0 Å². The smallest absolute Gasteiger partial charge is 0.272 e. The van der Waals surface area contributed by atoms with Crippen LogP contribution in [0.3, 0.4) is 0 Å². The summed E-state index contributed by atoms with van der Waals surface area (Å²) in [6, 6.07) is 0. The lowest BCUT2D eigenvalue weighted by molar-refractivity contribution is -0.114. The first-order valence-electron chi connectivity index (χ1n) is 5.62. The molecular weight excluding hydrogens is 292 g/mol. The topological polar surface area (TPSA) is 101 Å². The van der Waals surface area contributed by atoms with E-state index in [0.717, 1.165) is 11.3 Å². The van der Waals surface area contributed by atoms with Crippen LogP contribution in [0.4, 0.5) is 5.13 Å². The molecule has 1 aliphatic heterocycles. The molecular formula is C9H14N4O4S2. The molecule has 2 heterocycles. The zero-order chi connectivity index (χ0) is 14.0. The minimum absolute atomic E-state index is 0.120. The Morgan fingerprint density at radius 2 is 2.26 bits per heavy atom. The zero-order valence-electron chi connectivity index (χ0n) is 10.5. The molecule has 0 aliphatic carbocycles. The predicted octanol–water partition coefficient (Wildman–Crippen LogP) is -0.0941. The molecule has 1 aromatic heterocycles. The van der Waals surface area contributed by atoms with Gasteiger partial charge < -0.3 is 10.1 Å². The molecule has 10 heteroatoms. The second kappa shape index (κ2) is 5.49. The van der Waals surface area contributed by atoms with Crippen LogP contribution < -0.4 is 5.32 Å². The number of anilines is 1. The summed E-state index contributed by atoms with van der Waals surface area (Å²) in [6.45, 7) is 4.07. The summed E-state index contributed by atoms with van der Waals surface area (Å²) in [4.78, 5) is 10.9. The lowest BCUT2D eigenvalue weighted by atomic mass is 10.3. The summed E-state index contributed by atoms with van der Waals surface area (Å²) in [7, 11) is -3.66. The monoisotopic (exact) mass is 306 g/mol. The van der Waals surface area contributed by atoms with Crippen LogP contribution in [0.15, 0.2) is 4.34 Å². The van der Waals surface area contributed by atoms with Gasteiger partial charge in [0.05, 0.1) is 12.7 Å². The first kappa shape index (κ1) is 14.3. The van der Waals surface area contributed by atoms with Gasteiger partial charge in [0.1, 0.15) is 0 Å². The van der Waals surface area contributed by atoms with Crippen molar-refractivity contribution in [2.24, 2.45) is 0 Å². The number of rotatable bonds is 3. The first-order chi connectivity index (χ1) is 8.89. The van der Waals surface area contributed by atoms with Crippen molar-refractivity contribution in [1.82, 2.24) is 14.5 Å². The highest BCUT2D eigenvalue weighted by Crippen LogP contribution is 2.24. The fraction of sp³-hybridized carbons (Fsp3) is 0.667. The second-order valence-corrected chi connectivity index (χ2v) is 7.19. The van der Waals surface area contributed by atoms with E-state index in [2.05, 4.69) is 15.5 Å². The van der Waals surface area contributed by atoms with Crippen molar-refractivity contribution < 1.29 is 17.9 Å². The van der Waals surface area contributed by atoms with Crippen LogP contribution in [0.1, 0.15) is 13.8 Å². The highest BCUT2D eigenvalue weighted by Gasteiger charge is 2.32. The largest absolute Gasteiger partial charge is 0.376 e. The van der Waals surface area contributed by atoms with Crippen molar-refractivity contribution in [3.8, 4) is 0 Å². The van der Waals surface area contributed by atoms with Gasteiger partial charge in [0.2, 0.25) is 15.4 Å². The molecule has 0 aromatic carbocycles. The van der Waals surface area contributed by atoms with Gasteiger partial charge in [-0.2, -0.15) is 4.31 Å². The number of carbonyl (C=O) groups excluding carboxylic acids is 1. The zero-order valence-corrected chi connectivity index (χ0v) is 12.1. The van der Waals surface area contributed by atoms with Gasteiger partial charge >= 0.3 is 0 Å². The molecule has 1 N–H and O–H groups in total. The fourth-order valence-corrected chi connectivity index (χ4v) is 4.21. The van der Waals surface area contributed by atoms with Crippen molar-refractivity contribution in [3.63, 3.8) is 0 Å². The van der Waals surface area contributed by atoms with E-state index >= 15 is 0 Å². The van der Waals surface area contributed by atoms with Crippen LogP contribution in [0, 0.1) is 0 Å². The minimum Gasteiger partial charge on any atom is -0.376 e.